The lowest BCUT2D eigenvalue weighted by molar-refractivity contribution is -0.144. The molecule has 0 spiro atoms. The minimum absolute atomic E-state index is 0.275. The minimum Gasteiger partial charge on any atom is -0.493 e. The van der Waals surface area contributed by atoms with Crippen LogP contribution in [0.25, 0.3) is 0 Å². The van der Waals surface area contributed by atoms with Crippen LogP contribution in [0, 0.1) is 0 Å². The molecule has 154 valence electrons. The Morgan fingerprint density at radius 1 is 1.17 bits per heavy atom. The second kappa shape index (κ2) is 10.5. The maximum Gasteiger partial charge on any atom is 0.344 e. The number of hydrazone groups is 1. The summed E-state index contributed by atoms with van der Waals surface area (Å²) >= 11 is 11.8. The molecule has 0 unspecified atom stereocenters. The molecule has 2 N–H and O–H groups in total. The van der Waals surface area contributed by atoms with Crippen LogP contribution < -0.4 is 19.6 Å². The summed E-state index contributed by atoms with van der Waals surface area (Å²) in [5, 5.41) is 13.5. The highest BCUT2D eigenvalue weighted by Gasteiger charge is 2.15. The molecule has 8 nitrogen and oxygen atoms in total. The highest BCUT2D eigenvalue weighted by atomic mass is 35.5. The van der Waals surface area contributed by atoms with E-state index < -0.39 is 18.0 Å². The number of carbonyl (C=O) groups excluding carboxylic acids is 1. The van der Waals surface area contributed by atoms with Gasteiger partial charge in [0.25, 0.3) is 5.91 Å². The number of hydrogen-bond donors (Lipinski definition) is 2. The van der Waals surface area contributed by atoms with Gasteiger partial charge in [-0.3, -0.25) is 4.79 Å². The van der Waals surface area contributed by atoms with Gasteiger partial charge in [-0.2, -0.15) is 5.10 Å². The van der Waals surface area contributed by atoms with Gasteiger partial charge < -0.3 is 19.3 Å². The van der Waals surface area contributed by atoms with E-state index in [2.05, 4.69) is 10.5 Å². The number of amides is 1. The van der Waals surface area contributed by atoms with E-state index in [1.165, 1.54) is 26.3 Å². The molecule has 0 saturated heterocycles. The van der Waals surface area contributed by atoms with Crippen molar-refractivity contribution in [3.05, 3.63) is 52.0 Å². The molecule has 0 bridgehead atoms. The summed E-state index contributed by atoms with van der Waals surface area (Å²) in [7, 11) is 1.43. The Hall–Kier alpha value is -2.97. The number of carbonyl (C=O) groups is 2. The van der Waals surface area contributed by atoms with E-state index in [0.29, 0.717) is 27.1 Å². The SMILES string of the molecule is COc1cc(/C=N/NC(=O)COc2ccc(Cl)cc2Cl)ccc1O[C@H](C)C(=O)O. The van der Waals surface area contributed by atoms with E-state index in [-0.39, 0.29) is 12.4 Å². The lowest BCUT2D eigenvalue weighted by atomic mass is 10.2. The van der Waals surface area contributed by atoms with Gasteiger partial charge in [-0.05, 0) is 48.9 Å². The maximum atomic E-state index is 11.8. The van der Waals surface area contributed by atoms with Gasteiger partial charge in [0.05, 0.1) is 18.3 Å². The van der Waals surface area contributed by atoms with E-state index in [0.717, 1.165) is 0 Å². The Bertz CT molecular complexity index is 920. The highest BCUT2D eigenvalue weighted by molar-refractivity contribution is 6.35. The Morgan fingerprint density at radius 3 is 2.55 bits per heavy atom. The molecule has 0 radical (unpaired) electrons. The first-order valence-electron chi connectivity index (χ1n) is 8.27. The van der Waals surface area contributed by atoms with Crippen molar-refractivity contribution in [1.82, 2.24) is 5.43 Å². The zero-order valence-electron chi connectivity index (χ0n) is 15.5. The van der Waals surface area contributed by atoms with Crippen LogP contribution in [-0.4, -0.2) is 43.0 Å². The molecule has 0 aliphatic heterocycles. The fourth-order valence-corrected chi connectivity index (χ4v) is 2.51. The quantitative estimate of drug-likeness (QED) is 0.457. The Labute approximate surface area is 177 Å². The van der Waals surface area contributed by atoms with Gasteiger partial charge in [-0.25, -0.2) is 10.2 Å². The van der Waals surface area contributed by atoms with Crippen LogP contribution in [0.2, 0.25) is 10.0 Å². The molecule has 10 heteroatoms. The molecule has 2 aromatic rings. The van der Waals surface area contributed by atoms with Gasteiger partial charge >= 0.3 is 5.97 Å². The predicted molar refractivity (Wildman–Crippen MR) is 108 cm³/mol. The number of nitrogens with zero attached hydrogens (tertiary/aromatic N) is 1. The number of carboxylic acids is 1. The Balaban J connectivity index is 1.91. The smallest absolute Gasteiger partial charge is 0.344 e. The van der Waals surface area contributed by atoms with Gasteiger partial charge in [0.2, 0.25) is 0 Å². The van der Waals surface area contributed by atoms with Gasteiger partial charge in [0.15, 0.2) is 24.2 Å². The van der Waals surface area contributed by atoms with Crippen molar-refractivity contribution < 1.29 is 28.9 Å². The molecular formula is C19H18Cl2N2O6. The average molecular weight is 441 g/mol. The van der Waals surface area contributed by atoms with Crippen LogP contribution in [0.5, 0.6) is 17.2 Å². The maximum absolute atomic E-state index is 11.8. The lowest BCUT2D eigenvalue weighted by Crippen LogP contribution is -2.24. The summed E-state index contributed by atoms with van der Waals surface area (Å²) in [6.45, 7) is 1.12. The molecule has 29 heavy (non-hydrogen) atoms. The fourth-order valence-electron chi connectivity index (χ4n) is 2.05. The molecule has 1 atom stereocenters. The molecule has 0 aliphatic carbocycles. The van der Waals surface area contributed by atoms with Crippen molar-refractivity contribution in [1.29, 1.82) is 0 Å². The summed E-state index contributed by atoms with van der Waals surface area (Å²) < 4.78 is 15.8. The number of rotatable bonds is 9. The zero-order chi connectivity index (χ0) is 21.4. The number of benzene rings is 2. The fraction of sp³-hybridized carbons (Fsp3) is 0.211. The first-order chi connectivity index (χ1) is 13.8. The third kappa shape index (κ3) is 6.85. The van der Waals surface area contributed by atoms with Crippen molar-refractivity contribution in [2.45, 2.75) is 13.0 Å². The summed E-state index contributed by atoms with van der Waals surface area (Å²) in [5.74, 6) is -0.658. The van der Waals surface area contributed by atoms with E-state index in [1.807, 2.05) is 0 Å². The second-order valence-electron chi connectivity index (χ2n) is 5.67. The minimum atomic E-state index is -1.09. The van der Waals surface area contributed by atoms with Crippen molar-refractivity contribution in [3.8, 4) is 17.2 Å². The van der Waals surface area contributed by atoms with Crippen LogP contribution in [0.1, 0.15) is 12.5 Å². The van der Waals surface area contributed by atoms with E-state index >= 15 is 0 Å². The number of nitrogens with one attached hydrogen (secondary N) is 1. The topological polar surface area (TPSA) is 106 Å². The highest BCUT2D eigenvalue weighted by Crippen LogP contribution is 2.29. The van der Waals surface area contributed by atoms with Crippen LogP contribution in [0.15, 0.2) is 41.5 Å². The van der Waals surface area contributed by atoms with E-state index in [9.17, 15) is 9.59 Å². The molecule has 0 fully saturated rings. The monoisotopic (exact) mass is 440 g/mol. The normalized spacial score (nSPS) is 11.7. The van der Waals surface area contributed by atoms with Gasteiger partial charge in [0, 0.05) is 5.02 Å². The molecular weight excluding hydrogens is 423 g/mol. The first-order valence-corrected chi connectivity index (χ1v) is 9.03. The van der Waals surface area contributed by atoms with E-state index in [4.69, 9.17) is 42.5 Å². The number of ether oxygens (including phenoxy) is 3. The van der Waals surface area contributed by atoms with Gasteiger partial charge in [-0.1, -0.05) is 23.2 Å². The number of aliphatic carboxylic acids is 1. The van der Waals surface area contributed by atoms with E-state index in [1.54, 1.807) is 30.3 Å². The van der Waals surface area contributed by atoms with Crippen molar-refractivity contribution in [2.75, 3.05) is 13.7 Å². The lowest BCUT2D eigenvalue weighted by Gasteiger charge is -2.14. The van der Waals surface area contributed by atoms with Crippen LogP contribution in [0.3, 0.4) is 0 Å². The van der Waals surface area contributed by atoms with Crippen LogP contribution >= 0.6 is 23.2 Å². The summed E-state index contributed by atoms with van der Waals surface area (Å²) in [5.41, 5.74) is 2.91. The van der Waals surface area contributed by atoms with Crippen molar-refractivity contribution in [2.24, 2.45) is 5.10 Å². The van der Waals surface area contributed by atoms with Gasteiger partial charge in [-0.15, -0.1) is 0 Å². The molecule has 2 rings (SSSR count). The second-order valence-corrected chi connectivity index (χ2v) is 6.51. The third-order valence-corrected chi connectivity index (χ3v) is 4.03. The van der Waals surface area contributed by atoms with Crippen molar-refractivity contribution in [3.63, 3.8) is 0 Å². The van der Waals surface area contributed by atoms with Crippen LogP contribution in [-0.2, 0) is 9.59 Å². The molecule has 0 saturated carbocycles. The third-order valence-electron chi connectivity index (χ3n) is 3.49. The average Bonchev–Trinajstić information content (AvgIpc) is 2.68. The number of hydrogen-bond acceptors (Lipinski definition) is 6. The molecule has 0 aliphatic rings. The first kappa shape index (κ1) is 22.3. The van der Waals surface area contributed by atoms with Crippen molar-refractivity contribution >= 4 is 41.3 Å². The number of methoxy groups -OCH3 is 1. The summed E-state index contributed by atoms with van der Waals surface area (Å²) in [4.78, 5) is 22.7. The predicted octanol–water partition coefficient (Wildman–Crippen LogP) is 3.38. The Morgan fingerprint density at radius 2 is 1.90 bits per heavy atom. The Kier molecular flexibility index (Phi) is 8.11. The molecule has 1 amide bonds. The zero-order valence-corrected chi connectivity index (χ0v) is 17.0. The number of halogens is 2. The standard InChI is InChI=1S/C19H18Cl2N2O6/c1-11(19(25)26)29-16-5-3-12(7-17(16)27-2)9-22-23-18(24)10-28-15-6-4-13(20)8-14(15)21/h3-9,11H,10H2,1-2H3,(H,23,24)(H,25,26)/b22-9+/t11-/m1/s1. The van der Waals surface area contributed by atoms with Gasteiger partial charge in [0.1, 0.15) is 5.75 Å². The number of carboxylic acid groups (broad SMARTS) is 1. The van der Waals surface area contributed by atoms with Crippen LogP contribution in [0.4, 0.5) is 0 Å². The summed E-state index contributed by atoms with van der Waals surface area (Å²) in [6, 6.07) is 9.42. The molecule has 2 aromatic carbocycles. The molecule has 0 aromatic heterocycles. The largest absolute Gasteiger partial charge is 0.493 e. The summed E-state index contributed by atoms with van der Waals surface area (Å²) in [6.07, 6.45) is 0.358. The molecule has 0 heterocycles.